The van der Waals surface area contributed by atoms with Crippen LogP contribution in [0.2, 0.25) is 0 Å². The lowest BCUT2D eigenvalue weighted by Crippen LogP contribution is -2.54. The summed E-state index contributed by atoms with van der Waals surface area (Å²) in [6.07, 6.45) is 3.75. The normalized spacial score (nSPS) is 23.8. The maximum atomic E-state index is 12.6. The van der Waals surface area contributed by atoms with Crippen LogP contribution in [0, 0.1) is 13.8 Å². The van der Waals surface area contributed by atoms with E-state index in [9.17, 15) is 4.79 Å². The van der Waals surface area contributed by atoms with E-state index in [4.69, 9.17) is 4.74 Å². The molecule has 0 spiro atoms. The van der Waals surface area contributed by atoms with Gasteiger partial charge in [0.1, 0.15) is 5.60 Å². The van der Waals surface area contributed by atoms with Crippen molar-refractivity contribution in [2.75, 3.05) is 7.05 Å². The molecule has 1 aromatic rings. The molecule has 9 heteroatoms. The Morgan fingerprint density at radius 2 is 1.83 bits per heavy atom. The second-order valence-corrected chi connectivity index (χ2v) is 9.28. The van der Waals surface area contributed by atoms with E-state index in [-0.39, 0.29) is 42.2 Å². The van der Waals surface area contributed by atoms with E-state index in [1.165, 1.54) is 5.56 Å². The first-order valence-electron chi connectivity index (χ1n) is 10.6. The molecular weight excluding hydrogens is 495 g/mol. The molecule has 0 aliphatic carbocycles. The number of ether oxygens (including phenoxy) is 1. The van der Waals surface area contributed by atoms with Crippen LogP contribution in [0.5, 0.6) is 0 Å². The Morgan fingerprint density at radius 3 is 2.30 bits per heavy atom. The number of fused-ring (bicyclic) bond motifs is 2. The van der Waals surface area contributed by atoms with E-state index in [2.05, 4.69) is 27.6 Å². The fourth-order valence-electron chi connectivity index (χ4n) is 4.54. The number of carbonyl (C=O) groups is 1. The van der Waals surface area contributed by atoms with Gasteiger partial charge in [0.15, 0.2) is 5.96 Å². The zero-order chi connectivity index (χ0) is 21.3. The molecule has 2 aliphatic heterocycles. The third-order valence-corrected chi connectivity index (χ3v) is 5.99. The van der Waals surface area contributed by atoms with Gasteiger partial charge in [0, 0.05) is 50.0 Å². The van der Waals surface area contributed by atoms with Gasteiger partial charge in [-0.05, 0) is 60.3 Å². The van der Waals surface area contributed by atoms with Crippen LogP contribution in [0.4, 0.5) is 4.79 Å². The van der Waals surface area contributed by atoms with Crippen molar-refractivity contribution in [2.45, 2.75) is 90.6 Å². The fourth-order valence-corrected chi connectivity index (χ4v) is 4.54. The number of aromatic nitrogens is 2. The Kier molecular flexibility index (Phi) is 8.03. The third kappa shape index (κ3) is 5.59. The average molecular weight is 532 g/mol. The first-order valence-corrected chi connectivity index (χ1v) is 10.6. The van der Waals surface area contributed by atoms with Gasteiger partial charge in [0.2, 0.25) is 0 Å². The molecule has 2 saturated heterocycles. The van der Waals surface area contributed by atoms with Crippen LogP contribution in [0.25, 0.3) is 0 Å². The zero-order valence-electron chi connectivity index (χ0n) is 19.3. The summed E-state index contributed by atoms with van der Waals surface area (Å²) in [6, 6.07) is 0.775. The lowest BCUT2D eigenvalue weighted by Gasteiger charge is -2.40. The molecule has 0 saturated carbocycles. The molecule has 2 fully saturated rings. The van der Waals surface area contributed by atoms with Gasteiger partial charge in [0.25, 0.3) is 0 Å². The van der Waals surface area contributed by atoms with Crippen LogP contribution >= 0.6 is 24.0 Å². The molecule has 8 nitrogen and oxygen atoms in total. The summed E-state index contributed by atoms with van der Waals surface area (Å²) in [4.78, 5) is 19.0. The molecule has 1 aromatic heterocycles. The molecule has 1 amide bonds. The van der Waals surface area contributed by atoms with Gasteiger partial charge >= 0.3 is 6.09 Å². The molecule has 30 heavy (non-hydrogen) atoms. The number of amides is 1. The number of hydrogen-bond acceptors (Lipinski definition) is 4. The maximum absolute atomic E-state index is 12.6. The summed E-state index contributed by atoms with van der Waals surface area (Å²) in [5, 5.41) is 11.5. The molecule has 2 unspecified atom stereocenters. The van der Waals surface area contributed by atoms with Crippen LogP contribution in [0.15, 0.2) is 4.99 Å². The van der Waals surface area contributed by atoms with Crippen molar-refractivity contribution < 1.29 is 9.53 Å². The van der Waals surface area contributed by atoms with Gasteiger partial charge in [-0.1, -0.05) is 0 Å². The number of halogens is 1. The minimum Gasteiger partial charge on any atom is -0.444 e. The molecule has 0 radical (unpaired) electrons. The standard InChI is InChI=1S/C21H36N6O2.HI/c1-13-18(14(2)26(7)25-13)12-23-19(22-6)24-15-10-16-8-9-17(11-15)27(16)20(28)29-21(3,4)5;/h15-17H,8-12H2,1-7H3,(H2,22,23,24);1H. The van der Waals surface area contributed by atoms with E-state index >= 15 is 0 Å². The number of guanidine groups is 1. The number of aliphatic imine (C=N–C) groups is 1. The molecule has 170 valence electrons. The number of aryl methyl sites for hydroxylation is 2. The smallest absolute Gasteiger partial charge is 0.410 e. The predicted octanol–water partition coefficient (Wildman–Crippen LogP) is 3.25. The van der Waals surface area contributed by atoms with Crippen molar-refractivity contribution in [2.24, 2.45) is 12.0 Å². The van der Waals surface area contributed by atoms with Crippen molar-refractivity contribution in [3.05, 3.63) is 17.0 Å². The second kappa shape index (κ2) is 9.74. The summed E-state index contributed by atoms with van der Waals surface area (Å²) in [6.45, 7) is 10.6. The summed E-state index contributed by atoms with van der Waals surface area (Å²) < 4.78 is 7.54. The first-order chi connectivity index (χ1) is 13.6. The van der Waals surface area contributed by atoms with Crippen LogP contribution in [-0.4, -0.2) is 57.5 Å². The van der Waals surface area contributed by atoms with Gasteiger partial charge in [-0.15, -0.1) is 24.0 Å². The average Bonchev–Trinajstić information content (AvgIpc) is 3.03. The van der Waals surface area contributed by atoms with E-state index in [0.29, 0.717) is 12.6 Å². The molecule has 3 heterocycles. The zero-order valence-corrected chi connectivity index (χ0v) is 21.6. The van der Waals surface area contributed by atoms with Crippen LogP contribution in [-0.2, 0) is 18.3 Å². The second-order valence-electron chi connectivity index (χ2n) is 9.28. The minimum atomic E-state index is -0.458. The minimum absolute atomic E-state index is 0. The number of nitrogens with one attached hydrogen (secondary N) is 2. The maximum Gasteiger partial charge on any atom is 0.410 e. The van der Waals surface area contributed by atoms with E-state index in [1.54, 1.807) is 7.05 Å². The molecule has 0 aromatic carbocycles. The van der Waals surface area contributed by atoms with Gasteiger partial charge in [-0.2, -0.15) is 5.10 Å². The molecular formula is C21H37IN6O2. The Balaban J connectivity index is 0.00000320. The number of hydrogen-bond donors (Lipinski definition) is 2. The number of carbonyl (C=O) groups excluding carboxylic acids is 1. The molecule has 2 atom stereocenters. The quantitative estimate of drug-likeness (QED) is 0.355. The van der Waals surface area contributed by atoms with Crippen molar-refractivity contribution in [3.8, 4) is 0 Å². The van der Waals surface area contributed by atoms with Crippen molar-refractivity contribution in [1.29, 1.82) is 0 Å². The summed E-state index contributed by atoms with van der Waals surface area (Å²) >= 11 is 0. The lowest BCUT2D eigenvalue weighted by molar-refractivity contribution is 0.00545. The Labute approximate surface area is 197 Å². The SMILES string of the molecule is CN=C(NCc1c(C)nn(C)c1C)NC1CC2CCC(C1)N2C(=O)OC(C)(C)C.I. The van der Waals surface area contributed by atoms with Crippen molar-refractivity contribution in [1.82, 2.24) is 25.3 Å². The van der Waals surface area contributed by atoms with Gasteiger partial charge in [-0.25, -0.2) is 4.79 Å². The lowest BCUT2D eigenvalue weighted by atomic mass is 9.98. The summed E-state index contributed by atoms with van der Waals surface area (Å²) in [5.41, 5.74) is 2.95. The Hall–Kier alpha value is -1.52. The molecule has 3 rings (SSSR count). The van der Waals surface area contributed by atoms with E-state index in [1.807, 2.05) is 44.3 Å². The van der Waals surface area contributed by atoms with Crippen LogP contribution in [0.3, 0.4) is 0 Å². The number of nitrogens with zero attached hydrogens (tertiary/aromatic N) is 4. The molecule has 2 aliphatic rings. The summed E-state index contributed by atoms with van der Waals surface area (Å²) in [5.74, 6) is 0.794. The Morgan fingerprint density at radius 1 is 1.23 bits per heavy atom. The third-order valence-electron chi connectivity index (χ3n) is 5.99. The summed E-state index contributed by atoms with van der Waals surface area (Å²) in [7, 11) is 3.76. The Bertz CT molecular complexity index is 771. The fraction of sp³-hybridized carbons (Fsp3) is 0.762. The molecule has 2 N–H and O–H groups in total. The van der Waals surface area contributed by atoms with Gasteiger partial charge < -0.3 is 20.3 Å². The number of rotatable bonds is 3. The predicted molar refractivity (Wildman–Crippen MR) is 129 cm³/mol. The van der Waals surface area contributed by atoms with Gasteiger partial charge in [0.05, 0.1) is 5.69 Å². The van der Waals surface area contributed by atoms with Gasteiger partial charge in [-0.3, -0.25) is 9.67 Å². The monoisotopic (exact) mass is 532 g/mol. The highest BCUT2D eigenvalue weighted by Gasteiger charge is 2.45. The van der Waals surface area contributed by atoms with Crippen molar-refractivity contribution in [3.63, 3.8) is 0 Å². The van der Waals surface area contributed by atoms with E-state index < -0.39 is 5.60 Å². The van der Waals surface area contributed by atoms with Crippen molar-refractivity contribution >= 4 is 36.0 Å². The highest BCUT2D eigenvalue weighted by molar-refractivity contribution is 14.0. The molecule has 2 bridgehead atoms. The van der Waals surface area contributed by atoms with E-state index in [0.717, 1.165) is 43.0 Å². The largest absolute Gasteiger partial charge is 0.444 e. The highest BCUT2D eigenvalue weighted by Crippen LogP contribution is 2.36. The first kappa shape index (κ1) is 24.7. The van der Waals surface area contributed by atoms with Crippen LogP contribution in [0.1, 0.15) is 63.4 Å². The number of piperidine rings is 1. The van der Waals surface area contributed by atoms with Crippen LogP contribution < -0.4 is 10.6 Å². The topological polar surface area (TPSA) is 83.8 Å². The highest BCUT2D eigenvalue weighted by atomic mass is 127.